The van der Waals surface area contributed by atoms with Crippen molar-refractivity contribution in [2.45, 2.75) is 6.92 Å². The van der Waals surface area contributed by atoms with Crippen LogP contribution in [-0.2, 0) is 0 Å². The van der Waals surface area contributed by atoms with Crippen molar-refractivity contribution in [3.63, 3.8) is 0 Å². The number of fused-ring (bicyclic) bond motifs is 1. The first-order chi connectivity index (χ1) is 10.2. The van der Waals surface area contributed by atoms with Crippen LogP contribution in [0, 0.1) is 6.92 Å². The van der Waals surface area contributed by atoms with Gasteiger partial charge in [0, 0.05) is 17.6 Å². The zero-order valence-corrected chi connectivity index (χ0v) is 12.0. The molecule has 0 fully saturated rings. The molecule has 0 unspecified atom stereocenters. The Morgan fingerprint density at radius 1 is 1.14 bits per heavy atom. The van der Waals surface area contributed by atoms with E-state index in [9.17, 15) is 0 Å². The molecule has 2 heterocycles. The van der Waals surface area contributed by atoms with Gasteiger partial charge in [0.25, 0.3) is 0 Å². The lowest BCUT2D eigenvalue weighted by Gasteiger charge is -2.11. The van der Waals surface area contributed by atoms with Crippen molar-refractivity contribution in [2.75, 3.05) is 10.7 Å². The number of halogens is 1. The Bertz CT molecular complexity index is 805. The second-order valence-corrected chi connectivity index (χ2v) is 4.86. The number of nitrogens with one attached hydrogen (secondary N) is 2. The van der Waals surface area contributed by atoms with Crippen molar-refractivity contribution < 1.29 is 0 Å². The predicted molar refractivity (Wildman–Crippen MR) is 84.6 cm³/mol. The van der Waals surface area contributed by atoms with Gasteiger partial charge in [-0.15, -0.1) is 0 Å². The number of hydrazine groups is 1. The summed E-state index contributed by atoms with van der Waals surface area (Å²) in [6, 6.07) is 9.18. The minimum Gasteiger partial charge on any atom is -0.338 e. The maximum atomic E-state index is 6.18. The monoisotopic (exact) mass is 300 g/mol. The molecule has 0 saturated heterocycles. The van der Waals surface area contributed by atoms with Crippen LogP contribution in [0.5, 0.6) is 0 Å². The molecule has 0 bridgehead atoms. The predicted octanol–water partition coefficient (Wildman–Crippen LogP) is 3.02. The number of pyridine rings is 1. The van der Waals surface area contributed by atoms with E-state index in [-0.39, 0.29) is 0 Å². The molecular weight excluding hydrogens is 288 g/mol. The average Bonchev–Trinajstić information content (AvgIpc) is 2.50. The van der Waals surface area contributed by atoms with E-state index in [1.807, 2.05) is 24.3 Å². The largest absolute Gasteiger partial charge is 0.338 e. The van der Waals surface area contributed by atoms with E-state index in [1.54, 1.807) is 19.2 Å². The van der Waals surface area contributed by atoms with Crippen LogP contribution in [0.1, 0.15) is 5.82 Å². The topological polar surface area (TPSA) is 88.8 Å². The molecule has 0 saturated carbocycles. The van der Waals surface area contributed by atoms with Crippen molar-refractivity contribution >= 4 is 39.8 Å². The van der Waals surface area contributed by atoms with E-state index < -0.39 is 0 Å². The number of benzene rings is 1. The highest BCUT2D eigenvalue weighted by molar-refractivity contribution is 6.35. The van der Waals surface area contributed by atoms with Crippen molar-refractivity contribution in [3.8, 4) is 0 Å². The number of aryl methyl sites for hydroxylation is 1. The Kier molecular flexibility index (Phi) is 3.55. The first-order valence-electron chi connectivity index (χ1n) is 6.30. The fraction of sp³-hybridized carbons (Fsp3) is 0.0714. The van der Waals surface area contributed by atoms with Crippen molar-refractivity contribution in [1.82, 2.24) is 15.0 Å². The van der Waals surface area contributed by atoms with Gasteiger partial charge in [-0.05, 0) is 31.2 Å². The highest BCUT2D eigenvalue weighted by Gasteiger charge is 2.07. The number of aromatic nitrogens is 3. The third kappa shape index (κ3) is 2.72. The maximum absolute atomic E-state index is 6.18. The number of hydrogen-bond donors (Lipinski definition) is 3. The molecule has 1 aromatic carbocycles. The van der Waals surface area contributed by atoms with E-state index in [0.29, 0.717) is 22.5 Å². The summed E-state index contributed by atoms with van der Waals surface area (Å²) in [6.45, 7) is 1.80. The first kappa shape index (κ1) is 13.5. The summed E-state index contributed by atoms with van der Waals surface area (Å²) in [5.41, 5.74) is 4.11. The van der Waals surface area contributed by atoms with Crippen molar-refractivity contribution in [1.29, 1.82) is 0 Å². The van der Waals surface area contributed by atoms with E-state index in [2.05, 4.69) is 25.7 Å². The van der Waals surface area contributed by atoms with Gasteiger partial charge in [-0.2, -0.15) is 0 Å². The maximum Gasteiger partial charge on any atom is 0.145 e. The summed E-state index contributed by atoms with van der Waals surface area (Å²) in [7, 11) is 0. The minimum atomic E-state index is 0.538. The van der Waals surface area contributed by atoms with Crippen LogP contribution in [0.25, 0.3) is 10.9 Å². The van der Waals surface area contributed by atoms with E-state index in [1.165, 1.54) is 0 Å². The van der Waals surface area contributed by atoms with Crippen LogP contribution in [-0.4, -0.2) is 15.0 Å². The quantitative estimate of drug-likeness (QED) is 0.509. The lowest BCUT2D eigenvalue weighted by molar-refractivity contribution is 1.05. The summed E-state index contributed by atoms with van der Waals surface area (Å²) in [5, 5.41) is 4.76. The Balaban J connectivity index is 2.06. The fourth-order valence-electron chi connectivity index (χ4n) is 2.08. The number of hydrogen-bond acceptors (Lipinski definition) is 6. The Morgan fingerprint density at radius 2 is 1.95 bits per heavy atom. The molecule has 7 heteroatoms. The molecule has 0 atom stereocenters. The Morgan fingerprint density at radius 3 is 2.76 bits per heavy atom. The molecule has 0 amide bonds. The van der Waals surface area contributed by atoms with Crippen molar-refractivity contribution in [2.24, 2.45) is 5.84 Å². The Hall–Kier alpha value is -2.44. The first-order valence-corrected chi connectivity index (χ1v) is 6.68. The normalized spacial score (nSPS) is 10.6. The molecule has 0 aliphatic rings. The van der Waals surface area contributed by atoms with Gasteiger partial charge < -0.3 is 10.7 Å². The molecule has 0 aliphatic heterocycles. The second-order valence-electron chi connectivity index (χ2n) is 4.45. The van der Waals surface area contributed by atoms with Gasteiger partial charge in [0.2, 0.25) is 0 Å². The summed E-state index contributed by atoms with van der Waals surface area (Å²) < 4.78 is 0. The second kappa shape index (κ2) is 5.51. The number of anilines is 3. The molecule has 0 radical (unpaired) electrons. The van der Waals surface area contributed by atoms with Gasteiger partial charge in [0.05, 0.1) is 16.2 Å². The standard InChI is InChI=1S/C14H13ClN6/c1-8-18-12(7-13(19-8)21-16)20-11-5-4-10(15)9-3-2-6-17-14(9)11/h2-7H,16H2,1H3,(H2,18,19,20,21). The van der Waals surface area contributed by atoms with E-state index in [4.69, 9.17) is 17.4 Å². The lowest BCUT2D eigenvalue weighted by Crippen LogP contribution is -2.10. The van der Waals surface area contributed by atoms with Crippen LogP contribution >= 0.6 is 11.6 Å². The molecule has 0 aliphatic carbocycles. The highest BCUT2D eigenvalue weighted by atomic mass is 35.5. The molecule has 3 aromatic rings. The van der Waals surface area contributed by atoms with Gasteiger partial charge in [0.15, 0.2) is 0 Å². The molecule has 21 heavy (non-hydrogen) atoms. The molecule has 106 valence electrons. The Labute approximate surface area is 126 Å². The number of nitrogen functional groups attached to an aromatic ring is 1. The fourth-order valence-corrected chi connectivity index (χ4v) is 2.30. The molecule has 2 aromatic heterocycles. The molecular formula is C14H13ClN6. The number of rotatable bonds is 3. The van der Waals surface area contributed by atoms with Crippen LogP contribution < -0.4 is 16.6 Å². The number of nitrogens with two attached hydrogens (primary N) is 1. The van der Waals surface area contributed by atoms with Crippen molar-refractivity contribution in [3.05, 3.63) is 47.4 Å². The zero-order valence-electron chi connectivity index (χ0n) is 11.3. The van der Waals surface area contributed by atoms with Gasteiger partial charge in [-0.25, -0.2) is 15.8 Å². The van der Waals surface area contributed by atoms with Gasteiger partial charge in [-0.1, -0.05) is 11.6 Å². The third-order valence-corrected chi connectivity index (χ3v) is 3.29. The minimum absolute atomic E-state index is 0.538. The van der Waals surface area contributed by atoms with Crippen LogP contribution in [0.3, 0.4) is 0 Å². The zero-order chi connectivity index (χ0) is 14.8. The molecule has 3 rings (SSSR count). The van der Waals surface area contributed by atoms with E-state index in [0.717, 1.165) is 16.6 Å². The van der Waals surface area contributed by atoms with E-state index >= 15 is 0 Å². The molecule has 4 N–H and O–H groups in total. The van der Waals surface area contributed by atoms with Crippen LogP contribution in [0.15, 0.2) is 36.5 Å². The average molecular weight is 301 g/mol. The summed E-state index contributed by atoms with van der Waals surface area (Å²) in [5.74, 6) is 7.17. The summed E-state index contributed by atoms with van der Waals surface area (Å²) >= 11 is 6.18. The SMILES string of the molecule is Cc1nc(NN)cc(Nc2ccc(Cl)c3cccnc23)n1. The summed E-state index contributed by atoms with van der Waals surface area (Å²) in [4.78, 5) is 12.8. The molecule has 6 nitrogen and oxygen atoms in total. The highest BCUT2D eigenvalue weighted by Crippen LogP contribution is 2.29. The van der Waals surface area contributed by atoms with Crippen LogP contribution in [0.4, 0.5) is 17.3 Å². The third-order valence-electron chi connectivity index (χ3n) is 2.97. The van der Waals surface area contributed by atoms with Gasteiger partial charge in [0.1, 0.15) is 17.5 Å². The summed E-state index contributed by atoms with van der Waals surface area (Å²) in [6.07, 6.45) is 1.72. The number of nitrogens with zero attached hydrogens (tertiary/aromatic N) is 3. The lowest BCUT2D eigenvalue weighted by atomic mass is 10.2. The smallest absolute Gasteiger partial charge is 0.145 e. The van der Waals surface area contributed by atoms with Gasteiger partial charge in [-0.3, -0.25) is 4.98 Å². The van der Waals surface area contributed by atoms with Crippen LogP contribution in [0.2, 0.25) is 5.02 Å². The van der Waals surface area contributed by atoms with Gasteiger partial charge >= 0.3 is 0 Å². The molecule has 0 spiro atoms.